The molecule has 0 radical (unpaired) electrons. The summed E-state index contributed by atoms with van der Waals surface area (Å²) in [7, 11) is 0. The van der Waals surface area contributed by atoms with Gasteiger partial charge in [-0.1, -0.05) is 24.3 Å². The number of anilines is 2. The third-order valence-corrected chi connectivity index (χ3v) is 3.67. The van der Waals surface area contributed by atoms with E-state index in [1.165, 1.54) is 10.8 Å². The van der Waals surface area contributed by atoms with Crippen LogP contribution in [0, 0.1) is 0 Å². The van der Waals surface area contributed by atoms with Crippen LogP contribution in [0.25, 0.3) is 11.0 Å². The van der Waals surface area contributed by atoms with Crippen LogP contribution in [0.4, 0.5) is 16.2 Å². The van der Waals surface area contributed by atoms with Gasteiger partial charge in [-0.15, -0.1) is 9.47 Å². The Morgan fingerprint density at radius 3 is 2.55 bits per heavy atom. The Kier molecular flexibility index (Phi) is 2.47. The molecule has 22 heavy (non-hydrogen) atoms. The first-order valence-electron chi connectivity index (χ1n) is 6.71. The van der Waals surface area contributed by atoms with E-state index in [1.54, 1.807) is 42.5 Å². The molecule has 2 aromatic carbocycles. The molecule has 0 atom stereocenters. The highest BCUT2D eigenvalue weighted by molar-refractivity contribution is 6.22. The number of fused-ring (bicyclic) bond motifs is 3. The summed E-state index contributed by atoms with van der Waals surface area (Å²) in [6, 6.07) is 13.5. The number of amides is 2. The summed E-state index contributed by atoms with van der Waals surface area (Å²) in [5.41, 5.74) is 8.12. The molecule has 0 spiro atoms. The molecule has 3 aromatic rings. The highest BCUT2D eigenvalue weighted by atomic mass is 16.2. The van der Waals surface area contributed by atoms with Gasteiger partial charge in [-0.2, -0.15) is 4.79 Å². The first-order chi connectivity index (χ1) is 10.7. The second-order valence-corrected chi connectivity index (χ2v) is 4.95. The number of carbonyl (C=O) groups is 2. The number of para-hydroxylation sites is 4. The van der Waals surface area contributed by atoms with E-state index in [-0.39, 0.29) is 5.69 Å². The van der Waals surface area contributed by atoms with E-state index >= 15 is 0 Å². The molecule has 0 unspecified atom stereocenters. The summed E-state index contributed by atoms with van der Waals surface area (Å²) in [6.45, 7) is 0. The van der Waals surface area contributed by atoms with Crippen molar-refractivity contribution in [2.45, 2.75) is 0 Å². The fourth-order valence-electron chi connectivity index (χ4n) is 2.64. The fourth-order valence-corrected chi connectivity index (χ4v) is 2.64. The Hall–Kier alpha value is -3.28. The zero-order chi connectivity index (χ0) is 15.3. The molecule has 1 aliphatic heterocycles. The largest absolute Gasteiger partial charge is 0.512 e. The molecule has 2 heterocycles. The first-order valence-corrected chi connectivity index (χ1v) is 6.71. The second kappa shape index (κ2) is 4.36. The number of carbonyl (C=O) groups excluding carboxylic acids is 2. The predicted molar refractivity (Wildman–Crippen MR) is 80.4 cm³/mol. The normalized spacial score (nSPS) is 13.7. The van der Waals surface area contributed by atoms with Gasteiger partial charge in [-0.3, -0.25) is 0 Å². The molecule has 2 N–H and O–H groups in total. The van der Waals surface area contributed by atoms with E-state index in [9.17, 15) is 9.59 Å². The highest BCUT2D eigenvalue weighted by Gasteiger charge is 2.48. The Morgan fingerprint density at radius 1 is 1.00 bits per heavy atom. The molecule has 2 amide bonds. The van der Waals surface area contributed by atoms with Crippen LogP contribution < -0.4 is 15.2 Å². The van der Waals surface area contributed by atoms with Crippen molar-refractivity contribution in [3.05, 3.63) is 60.4 Å². The average molecular weight is 291 g/mol. The number of imide groups is 1. The number of hydrogen-bond acceptors (Lipinski definition) is 4. The van der Waals surface area contributed by atoms with Crippen molar-refractivity contribution in [3.63, 3.8) is 0 Å². The number of hydrogen-bond donors (Lipinski definition) is 1. The number of benzene rings is 2. The van der Waals surface area contributed by atoms with Gasteiger partial charge in [0.25, 0.3) is 0 Å². The third kappa shape index (κ3) is 1.54. The molecule has 0 bridgehead atoms. The van der Waals surface area contributed by atoms with E-state index < -0.39 is 11.9 Å². The summed E-state index contributed by atoms with van der Waals surface area (Å²) in [6.07, 6.45) is 1.42. The maximum Gasteiger partial charge on any atom is 0.512 e. The van der Waals surface area contributed by atoms with Crippen molar-refractivity contribution in [2.75, 3.05) is 10.6 Å². The van der Waals surface area contributed by atoms with Gasteiger partial charge in [0.1, 0.15) is 5.52 Å². The van der Waals surface area contributed by atoms with Gasteiger partial charge < -0.3 is 5.73 Å². The first kappa shape index (κ1) is 12.5. The van der Waals surface area contributed by atoms with Gasteiger partial charge in [0.05, 0.1) is 11.9 Å². The molecule has 4 rings (SSSR count). The third-order valence-electron chi connectivity index (χ3n) is 3.67. The molecule has 6 heteroatoms. The number of aromatic nitrogens is 2. The van der Waals surface area contributed by atoms with E-state index in [1.807, 2.05) is 6.07 Å². The van der Waals surface area contributed by atoms with Gasteiger partial charge in [0.15, 0.2) is 11.2 Å². The van der Waals surface area contributed by atoms with Crippen molar-refractivity contribution in [1.82, 2.24) is 4.98 Å². The molecular formula is C16H11N4O2+. The zero-order valence-corrected chi connectivity index (χ0v) is 11.4. The number of nitrogen functional groups attached to an aromatic ring is 1. The molecule has 0 saturated heterocycles. The maximum atomic E-state index is 12.8. The Morgan fingerprint density at radius 2 is 1.73 bits per heavy atom. The van der Waals surface area contributed by atoms with Crippen LogP contribution in [0.5, 0.6) is 0 Å². The lowest BCUT2D eigenvalue weighted by Gasteiger charge is -2.06. The van der Waals surface area contributed by atoms with Gasteiger partial charge >= 0.3 is 11.9 Å². The monoisotopic (exact) mass is 291 g/mol. The Bertz CT molecular complexity index is 952. The van der Waals surface area contributed by atoms with Gasteiger partial charge in [0.2, 0.25) is 5.69 Å². The van der Waals surface area contributed by atoms with E-state index in [4.69, 9.17) is 5.73 Å². The summed E-state index contributed by atoms with van der Waals surface area (Å²) in [4.78, 5) is 30.7. The molecular weight excluding hydrogens is 280 g/mol. The fraction of sp³-hybridized carbons (Fsp3) is 0. The van der Waals surface area contributed by atoms with Crippen LogP contribution in [0.2, 0.25) is 0 Å². The minimum absolute atomic E-state index is 0.229. The lowest BCUT2D eigenvalue weighted by molar-refractivity contribution is -0.537. The Labute approximate surface area is 125 Å². The standard InChI is InChI=1S/C16H10N4O2/c17-10-5-1-3-7-12(10)20-15(21)14-9-18-11-6-2-4-8-13(11)19(14)16(20)22/h1-9,17H/p+1. The molecule has 1 aliphatic rings. The molecule has 0 aliphatic carbocycles. The molecule has 106 valence electrons. The van der Waals surface area contributed by atoms with Crippen molar-refractivity contribution in [2.24, 2.45) is 0 Å². The average Bonchev–Trinajstić information content (AvgIpc) is 2.80. The smallest absolute Gasteiger partial charge is 0.395 e. The van der Waals surface area contributed by atoms with Gasteiger partial charge in [-0.25, -0.2) is 9.78 Å². The maximum absolute atomic E-state index is 12.8. The summed E-state index contributed by atoms with van der Waals surface area (Å²) >= 11 is 0. The minimum atomic E-state index is -0.448. The van der Waals surface area contributed by atoms with E-state index in [2.05, 4.69) is 4.98 Å². The second-order valence-electron chi connectivity index (χ2n) is 4.95. The topological polar surface area (TPSA) is 80.2 Å². The van der Waals surface area contributed by atoms with Crippen LogP contribution in [0.1, 0.15) is 10.5 Å². The van der Waals surface area contributed by atoms with Crippen molar-refractivity contribution in [3.8, 4) is 0 Å². The quantitative estimate of drug-likeness (QED) is 0.547. The van der Waals surface area contributed by atoms with E-state index in [0.29, 0.717) is 22.4 Å². The minimum Gasteiger partial charge on any atom is -0.395 e. The molecule has 0 saturated carbocycles. The van der Waals surface area contributed by atoms with Crippen molar-refractivity contribution in [1.29, 1.82) is 0 Å². The zero-order valence-electron chi connectivity index (χ0n) is 11.4. The predicted octanol–water partition coefficient (Wildman–Crippen LogP) is 1.73. The number of rotatable bonds is 1. The lowest BCUT2D eigenvalue weighted by atomic mass is 10.2. The summed E-state index contributed by atoms with van der Waals surface area (Å²) in [5.74, 6) is -0.429. The van der Waals surface area contributed by atoms with Crippen LogP contribution in [-0.4, -0.2) is 16.9 Å². The molecule has 1 aromatic heterocycles. The molecule has 6 nitrogen and oxygen atoms in total. The van der Waals surface area contributed by atoms with Crippen LogP contribution in [-0.2, 0) is 0 Å². The SMILES string of the molecule is Nc1ccccc1N1C(=O)c2cnc3ccccc3[n+]2C1=O. The lowest BCUT2D eigenvalue weighted by Crippen LogP contribution is -2.46. The van der Waals surface area contributed by atoms with Crippen molar-refractivity contribution < 1.29 is 14.2 Å². The van der Waals surface area contributed by atoms with Gasteiger partial charge in [-0.05, 0) is 24.3 Å². The number of nitrogens with two attached hydrogens (primary N) is 1. The van der Waals surface area contributed by atoms with Gasteiger partial charge in [0, 0.05) is 0 Å². The summed E-state index contributed by atoms with van der Waals surface area (Å²) in [5, 5.41) is 0. The summed E-state index contributed by atoms with van der Waals surface area (Å²) < 4.78 is 1.37. The highest BCUT2D eigenvalue weighted by Crippen LogP contribution is 2.27. The van der Waals surface area contributed by atoms with Crippen molar-refractivity contribution >= 4 is 34.3 Å². The van der Waals surface area contributed by atoms with Crippen LogP contribution in [0.15, 0.2) is 54.7 Å². The Balaban J connectivity index is 1.97. The van der Waals surface area contributed by atoms with E-state index in [0.717, 1.165) is 4.90 Å². The van der Waals surface area contributed by atoms with Crippen LogP contribution in [0.3, 0.4) is 0 Å². The number of nitrogens with zero attached hydrogens (tertiary/aromatic N) is 3. The van der Waals surface area contributed by atoms with Crippen LogP contribution >= 0.6 is 0 Å². The molecule has 0 fully saturated rings.